The Morgan fingerprint density at radius 1 is 1.38 bits per heavy atom. The van der Waals surface area contributed by atoms with Crippen LogP contribution in [0.1, 0.15) is 47.7 Å². The van der Waals surface area contributed by atoms with Gasteiger partial charge in [-0.15, -0.1) is 0 Å². The molecule has 1 spiro atoms. The van der Waals surface area contributed by atoms with Gasteiger partial charge in [0, 0.05) is 5.56 Å². The fraction of sp³-hybridized carbons (Fsp3) is 0.474. The van der Waals surface area contributed by atoms with Gasteiger partial charge < -0.3 is 11.1 Å². The number of rotatable bonds is 5. The summed E-state index contributed by atoms with van der Waals surface area (Å²) in [5, 5.41) is 2.81. The number of nitrogens with zero attached hydrogens (tertiary/aromatic N) is 1. The fourth-order valence-electron chi connectivity index (χ4n) is 4.47. The second kappa shape index (κ2) is 5.65. The summed E-state index contributed by atoms with van der Waals surface area (Å²) in [6.45, 7) is 1.87. The molecule has 1 aromatic carbocycles. The van der Waals surface area contributed by atoms with Crippen LogP contribution in [0.5, 0.6) is 0 Å². The molecule has 0 radical (unpaired) electrons. The summed E-state index contributed by atoms with van der Waals surface area (Å²) >= 11 is 0. The largest absolute Gasteiger partial charge is 0.368 e. The number of carbonyl (C=O) groups excluding carboxylic acids is 4. The van der Waals surface area contributed by atoms with Gasteiger partial charge in [-0.05, 0) is 54.7 Å². The topological polar surface area (TPSA) is 110 Å². The number of amides is 4. The summed E-state index contributed by atoms with van der Waals surface area (Å²) in [6, 6.07) is 3.60. The van der Waals surface area contributed by atoms with E-state index >= 15 is 0 Å². The van der Waals surface area contributed by atoms with Crippen molar-refractivity contribution in [1.29, 1.82) is 0 Å². The average molecular weight is 355 g/mol. The van der Waals surface area contributed by atoms with Crippen LogP contribution in [-0.4, -0.2) is 35.1 Å². The van der Waals surface area contributed by atoms with Gasteiger partial charge in [-0.25, -0.2) is 9.69 Å². The number of hydrogen-bond donors (Lipinski definition) is 2. The maximum Gasteiger partial charge on any atom is 0.326 e. The molecule has 3 N–H and O–H groups in total. The quantitative estimate of drug-likeness (QED) is 0.608. The van der Waals surface area contributed by atoms with E-state index in [9.17, 15) is 19.2 Å². The van der Waals surface area contributed by atoms with Crippen LogP contribution in [0.25, 0.3) is 0 Å². The van der Waals surface area contributed by atoms with Gasteiger partial charge in [-0.2, -0.15) is 0 Å². The van der Waals surface area contributed by atoms with Crippen molar-refractivity contribution < 1.29 is 19.2 Å². The van der Waals surface area contributed by atoms with Crippen molar-refractivity contribution in [2.24, 2.45) is 17.6 Å². The SMILES string of the molecule is C[C@@H](C1CC1)C(C(N)=O)N1C(=O)NC2(CCc3cc(C=O)ccc32)C1=O. The molecule has 1 saturated heterocycles. The first-order valence-corrected chi connectivity index (χ1v) is 8.93. The van der Waals surface area contributed by atoms with Gasteiger partial charge in [0.05, 0.1) is 0 Å². The van der Waals surface area contributed by atoms with Gasteiger partial charge in [0.1, 0.15) is 17.9 Å². The first kappa shape index (κ1) is 16.8. The van der Waals surface area contributed by atoms with Crippen molar-refractivity contribution in [2.75, 3.05) is 0 Å². The highest BCUT2D eigenvalue weighted by Crippen LogP contribution is 2.45. The monoisotopic (exact) mass is 355 g/mol. The van der Waals surface area contributed by atoms with Crippen molar-refractivity contribution in [2.45, 2.75) is 44.2 Å². The van der Waals surface area contributed by atoms with Gasteiger partial charge in [-0.1, -0.05) is 19.1 Å². The van der Waals surface area contributed by atoms with Gasteiger partial charge in [-0.3, -0.25) is 14.4 Å². The van der Waals surface area contributed by atoms with E-state index in [1.807, 2.05) is 6.92 Å². The third-order valence-corrected chi connectivity index (χ3v) is 6.05. The molecule has 3 aliphatic rings. The van der Waals surface area contributed by atoms with Crippen LogP contribution >= 0.6 is 0 Å². The number of aldehydes is 1. The number of nitrogens with one attached hydrogen (secondary N) is 1. The van der Waals surface area contributed by atoms with Crippen molar-refractivity contribution in [1.82, 2.24) is 10.2 Å². The zero-order valence-corrected chi connectivity index (χ0v) is 14.5. The first-order valence-electron chi connectivity index (χ1n) is 8.93. The molecule has 1 saturated carbocycles. The minimum atomic E-state index is -1.16. The second-order valence-corrected chi connectivity index (χ2v) is 7.59. The van der Waals surface area contributed by atoms with Gasteiger partial charge >= 0.3 is 6.03 Å². The van der Waals surface area contributed by atoms with Gasteiger partial charge in [0.25, 0.3) is 5.91 Å². The number of benzene rings is 1. The molecule has 0 bridgehead atoms. The predicted molar refractivity (Wildman–Crippen MR) is 92.1 cm³/mol. The van der Waals surface area contributed by atoms with E-state index in [1.54, 1.807) is 18.2 Å². The van der Waals surface area contributed by atoms with Crippen molar-refractivity contribution >= 4 is 24.1 Å². The Morgan fingerprint density at radius 2 is 2.12 bits per heavy atom. The summed E-state index contributed by atoms with van der Waals surface area (Å²) < 4.78 is 0. The molecular weight excluding hydrogens is 334 g/mol. The Morgan fingerprint density at radius 3 is 2.73 bits per heavy atom. The molecule has 1 heterocycles. The average Bonchev–Trinajstić information content (AvgIpc) is 3.36. The first-order chi connectivity index (χ1) is 12.4. The molecule has 2 fully saturated rings. The van der Waals surface area contributed by atoms with Crippen LogP contribution in [0, 0.1) is 11.8 Å². The summed E-state index contributed by atoms with van der Waals surface area (Å²) in [5.74, 6) is -0.915. The maximum absolute atomic E-state index is 13.3. The fourth-order valence-corrected chi connectivity index (χ4v) is 4.47. The Kier molecular flexibility index (Phi) is 3.64. The normalized spacial score (nSPS) is 26.6. The molecule has 4 rings (SSSR count). The highest BCUT2D eigenvalue weighted by molar-refractivity contribution is 6.10. The van der Waals surface area contributed by atoms with E-state index in [0.29, 0.717) is 29.9 Å². The summed E-state index contributed by atoms with van der Waals surface area (Å²) in [4.78, 5) is 50.1. The lowest BCUT2D eigenvalue weighted by molar-refractivity contribution is -0.139. The lowest BCUT2D eigenvalue weighted by Crippen LogP contribution is -2.53. The number of nitrogens with two attached hydrogens (primary N) is 1. The molecule has 1 aromatic rings. The molecule has 7 heteroatoms. The van der Waals surface area contributed by atoms with E-state index < -0.39 is 29.4 Å². The Hall–Kier alpha value is -2.70. The van der Waals surface area contributed by atoms with Crippen LogP contribution in [0.4, 0.5) is 4.79 Å². The predicted octanol–water partition coefficient (Wildman–Crippen LogP) is 1.09. The number of aryl methyl sites for hydroxylation is 1. The lowest BCUT2D eigenvalue weighted by atomic mass is 9.89. The minimum absolute atomic E-state index is 0.157. The molecule has 26 heavy (non-hydrogen) atoms. The van der Waals surface area contributed by atoms with E-state index in [2.05, 4.69) is 5.32 Å². The number of primary amides is 1. The molecule has 0 aromatic heterocycles. The van der Waals surface area contributed by atoms with Crippen LogP contribution < -0.4 is 11.1 Å². The lowest BCUT2D eigenvalue weighted by Gasteiger charge is -2.29. The molecule has 4 amide bonds. The minimum Gasteiger partial charge on any atom is -0.368 e. The van der Waals surface area contributed by atoms with Crippen LogP contribution in [-0.2, 0) is 21.5 Å². The molecule has 3 atom stereocenters. The summed E-state index contributed by atoms with van der Waals surface area (Å²) in [5.41, 5.74) is 6.52. The Labute approximate surface area is 150 Å². The number of fused-ring (bicyclic) bond motifs is 2. The third-order valence-electron chi connectivity index (χ3n) is 6.05. The highest BCUT2D eigenvalue weighted by Gasteiger charge is 2.59. The van der Waals surface area contributed by atoms with E-state index in [-0.39, 0.29) is 5.92 Å². The Bertz CT molecular complexity index is 832. The molecule has 136 valence electrons. The molecule has 7 nitrogen and oxygen atoms in total. The summed E-state index contributed by atoms with van der Waals surface area (Å²) in [7, 11) is 0. The zero-order chi connectivity index (χ0) is 18.6. The molecular formula is C19H21N3O4. The van der Waals surface area contributed by atoms with Crippen molar-refractivity contribution in [3.8, 4) is 0 Å². The number of carbonyl (C=O) groups is 4. The van der Waals surface area contributed by atoms with E-state index in [0.717, 1.165) is 29.6 Å². The van der Waals surface area contributed by atoms with Crippen LogP contribution in [0.3, 0.4) is 0 Å². The smallest absolute Gasteiger partial charge is 0.326 e. The van der Waals surface area contributed by atoms with Crippen molar-refractivity contribution in [3.63, 3.8) is 0 Å². The molecule has 1 aliphatic heterocycles. The van der Waals surface area contributed by atoms with Crippen LogP contribution in [0.2, 0.25) is 0 Å². The zero-order valence-electron chi connectivity index (χ0n) is 14.5. The van der Waals surface area contributed by atoms with Gasteiger partial charge in [0.2, 0.25) is 5.91 Å². The Balaban J connectivity index is 1.72. The number of hydrogen-bond acceptors (Lipinski definition) is 4. The van der Waals surface area contributed by atoms with Crippen LogP contribution in [0.15, 0.2) is 18.2 Å². The van der Waals surface area contributed by atoms with E-state index in [4.69, 9.17) is 5.73 Å². The van der Waals surface area contributed by atoms with Gasteiger partial charge in [0.15, 0.2) is 0 Å². The molecule has 2 aliphatic carbocycles. The summed E-state index contributed by atoms with van der Waals surface area (Å²) in [6.07, 6.45) is 3.71. The highest BCUT2D eigenvalue weighted by atomic mass is 16.2. The second-order valence-electron chi connectivity index (χ2n) is 7.59. The standard InChI is InChI=1S/C19H21N3O4/c1-10(12-3-4-12)15(16(20)24)22-17(25)19(21-18(22)26)7-6-13-8-11(9-23)2-5-14(13)19/h2,5,8-10,12,15H,3-4,6-7H2,1H3,(H2,20,24)(H,21,26)/t10-,15?,19?/m0/s1. The van der Waals surface area contributed by atoms with Crippen molar-refractivity contribution in [3.05, 3.63) is 34.9 Å². The number of urea groups is 1. The maximum atomic E-state index is 13.3. The number of imide groups is 1. The molecule has 2 unspecified atom stereocenters. The van der Waals surface area contributed by atoms with E-state index in [1.165, 1.54) is 0 Å². The third kappa shape index (κ3) is 2.26.